The number of anilines is 1. The first-order valence-electron chi connectivity index (χ1n) is 9.74. The molecule has 2 amide bonds. The van der Waals surface area contributed by atoms with E-state index in [0.717, 1.165) is 29.8 Å². The fourth-order valence-electron chi connectivity index (χ4n) is 3.53. The molecule has 2 heterocycles. The number of halogens is 1. The molecule has 0 aromatic heterocycles. The first-order valence-corrected chi connectivity index (χ1v) is 10.5. The van der Waals surface area contributed by atoms with E-state index < -0.39 is 0 Å². The van der Waals surface area contributed by atoms with E-state index in [1.807, 2.05) is 12.1 Å². The highest BCUT2D eigenvalue weighted by molar-refractivity contribution is 9.10. The molecule has 1 fully saturated rings. The summed E-state index contributed by atoms with van der Waals surface area (Å²) in [6, 6.07) is 5.45. The quantitative estimate of drug-likeness (QED) is 0.666. The number of nitrogens with one attached hydrogen (secondary N) is 1. The second-order valence-electron chi connectivity index (χ2n) is 7.46. The number of benzene rings is 1. The van der Waals surface area contributed by atoms with E-state index in [2.05, 4.69) is 33.1 Å². The van der Waals surface area contributed by atoms with Crippen molar-refractivity contribution in [2.75, 3.05) is 44.2 Å². The van der Waals surface area contributed by atoms with Gasteiger partial charge >= 0.3 is 0 Å². The molecule has 27 heavy (non-hydrogen) atoms. The molecule has 1 N–H and O–H groups in total. The second-order valence-corrected chi connectivity index (χ2v) is 8.38. The van der Waals surface area contributed by atoms with Crippen LogP contribution in [0.15, 0.2) is 22.7 Å². The van der Waals surface area contributed by atoms with Crippen molar-refractivity contribution < 1.29 is 14.3 Å². The van der Waals surface area contributed by atoms with Crippen molar-refractivity contribution in [3.05, 3.63) is 22.7 Å². The zero-order chi connectivity index (χ0) is 19.2. The lowest BCUT2D eigenvalue weighted by Crippen LogP contribution is -2.45. The molecule has 6 nitrogen and oxygen atoms in total. The standard InChI is InChI=1S/C20H28BrN3O3/c1-15-6-10-23(11-7-15)9-3-2-8-22-19(25)13-24-17-5-4-16(21)12-18(17)27-14-20(24)26/h4-5,12,15H,2-3,6-11,13-14H2,1H3,(H,22,25). The molecule has 0 aliphatic carbocycles. The molecule has 1 aromatic rings. The zero-order valence-corrected chi connectivity index (χ0v) is 17.5. The minimum atomic E-state index is -0.195. The van der Waals surface area contributed by atoms with Crippen molar-refractivity contribution in [1.29, 1.82) is 0 Å². The molecule has 0 radical (unpaired) electrons. The van der Waals surface area contributed by atoms with Gasteiger partial charge in [0.25, 0.3) is 5.91 Å². The number of hydrogen-bond donors (Lipinski definition) is 1. The molecule has 1 aromatic carbocycles. The molecule has 0 bridgehead atoms. The number of hydrogen-bond acceptors (Lipinski definition) is 4. The van der Waals surface area contributed by atoms with Crippen LogP contribution in [0.3, 0.4) is 0 Å². The third-order valence-corrected chi connectivity index (χ3v) is 5.76. The van der Waals surface area contributed by atoms with Gasteiger partial charge in [0.2, 0.25) is 5.91 Å². The van der Waals surface area contributed by atoms with E-state index in [0.29, 0.717) is 18.0 Å². The second kappa shape index (κ2) is 9.55. The molecule has 2 aliphatic heterocycles. The van der Waals surface area contributed by atoms with Gasteiger partial charge in [-0.1, -0.05) is 22.9 Å². The topological polar surface area (TPSA) is 61.9 Å². The predicted octanol–water partition coefficient (Wildman–Crippen LogP) is 2.80. The van der Waals surface area contributed by atoms with Crippen LogP contribution in [0.25, 0.3) is 0 Å². The van der Waals surface area contributed by atoms with Crippen molar-refractivity contribution >= 4 is 33.4 Å². The highest BCUT2D eigenvalue weighted by Gasteiger charge is 2.27. The maximum absolute atomic E-state index is 12.3. The lowest BCUT2D eigenvalue weighted by molar-refractivity contribution is -0.125. The number of carbonyl (C=O) groups is 2. The largest absolute Gasteiger partial charge is 0.482 e. The highest BCUT2D eigenvalue weighted by atomic mass is 79.9. The maximum Gasteiger partial charge on any atom is 0.265 e. The average molecular weight is 438 g/mol. The SMILES string of the molecule is CC1CCN(CCCCNC(=O)CN2C(=O)COc3cc(Br)ccc32)CC1. The van der Waals surface area contributed by atoms with E-state index in [9.17, 15) is 9.59 Å². The molecule has 1 saturated heterocycles. The third kappa shape index (κ3) is 5.69. The number of rotatable bonds is 7. The Balaban J connectivity index is 1.39. The van der Waals surface area contributed by atoms with Gasteiger partial charge in [0.15, 0.2) is 6.61 Å². The summed E-state index contributed by atoms with van der Waals surface area (Å²) in [5, 5.41) is 2.94. The lowest BCUT2D eigenvalue weighted by Gasteiger charge is -2.30. The Morgan fingerprint density at radius 2 is 2.07 bits per heavy atom. The Hall–Kier alpha value is -1.60. The molecule has 0 saturated carbocycles. The minimum absolute atomic E-state index is 0.0286. The third-order valence-electron chi connectivity index (χ3n) is 5.27. The van der Waals surface area contributed by atoms with E-state index in [-0.39, 0.29) is 25.0 Å². The fraction of sp³-hybridized carbons (Fsp3) is 0.600. The van der Waals surface area contributed by atoms with Crippen LogP contribution < -0.4 is 15.0 Å². The van der Waals surface area contributed by atoms with Crippen molar-refractivity contribution in [2.24, 2.45) is 5.92 Å². The van der Waals surface area contributed by atoms with E-state index in [1.165, 1.54) is 30.8 Å². The van der Waals surface area contributed by atoms with Gasteiger partial charge < -0.3 is 15.0 Å². The summed E-state index contributed by atoms with van der Waals surface area (Å²) < 4.78 is 6.33. The summed E-state index contributed by atoms with van der Waals surface area (Å²) in [4.78, 5) is 28.4. The first kappa shape index (κ1) is 20.1. The molecular formula is C20H28BrN3O3. The molecule has 148 valence electrons. The van der Waals surface area contributed by atoms with Crippen LogP contribution in [0, 0.1) is 5.92 Å². The Morgan fingerprint density at radius 3 is 2.85 bits per heavy atom. The molecule has 3 rings (SSSR count). The molecular weight excluding hydrogens is 410 g/mol. The Bertz CT molecular complexity index is 674. The summed E-state index contributed by atoms with van der Waals surface area (Å²) >= 11 is 3.39. The number of likely N-dealkylation sites (tertiary alicyclic amines) is 1. The molecule has 0 atom stereocenters. The van der Waals surface area contributed by atoms with Crippen LogP contribution >= 0.6 is 15.9 Å². The van der Waals surface area contributed by atoms with E-state index in [1.54, 1.807) is 6.07 Å². The smallest absolute Gasteiger partial charge is 0.265 e. The molecule has 7 heteroatoms. The number of amides is 2. The summed E-state index contributed by atoms with van der Waals surface area (Å²) in [6.45, 7) is 6.46. The van der Waals surface area contributed by atoms with Gasteiger partial charge in [-0.3, -0.25) is 14.5 Å². The number of piperidine rings is 1. The minimum Gasteiger partial charge on any atom is -0.482 e. The first-order chi connectivity index (χ1) is 13.0. The Labute approximate surface area is 169 Å². The molecule has 0 spiro atoms. The van der Waals surface area contributed by atoms with Crippen molar-refractivity contribution in [2.45, 2.75) is 32.6 Å². The van der Waals surface area contributed by atoms with Crippen LogP contribution in [0.1, 0.15) is 32.6 Å². The van der Waals surface area contributed by atoms with Crippen LogP contribution in [-0.4, -0.2) is 56.0 Å². The number of carbonyl (C=O) groups excluding carboxylic acids is 2. The van der Waals surface area contributed by atoms with Gasteiger partial charge in [-0.2, -0.15) is 0 Å². The number of nitrogens with zero attached hydrogens (tertiary/aromatic N) is 2. The van der Waals surface area contributed by atoms with Crippen LogP contribution in [-0.2, 0) is 9.59 Å². The van der Waals surface area contributed by atoms with Crippen LogP contribution in [0.4, 0.5) is 5.69 Å². The van der Waals surface area contributed by atoms with E-state index in [4.69, 9.17) is 4.74 Å². The average Bonchev–Trinajstić information content (AvgIpc) is 2.65. The lowest BCUT2D eigenvalue weighted by atomic mass is 9.99. The normalized spacial score (nSPS) is 18.1. The highest BCUT2D eigenvalue weighted by Crippen LogP contribution is 2.34. The Kier molecular flexibility index (Phi) is 7.13. The summed E-state index contributed by atoms with van der Waals surface area (Å²) in [5.41, 5.74) is 0.643. The zero-order valence-electron chi connectivity index (χ0n) is 15.9. The van der Waals surface area contributed by atoms with Crippen molar-refractivity contribution in [1.82, 2.24) is 10.2 Å². The van der Waals surface area contributed by atoms with Gasteiger partial charge in [0.1, 0.15) is 12.3 Å². The van der Waals surface area contributed by atoms with Crippen molar-refractivity contribution in [3.63, 3.8) is 0 Å². The van der Waals surface area contributed by atoms with Crippen LogP contribution in [0.5, 0.6) is 5.75 Å². The number of fused-ring (bicyclic) bond motifs is 1. The number of unbranched alkanes of at least 4 members (excludes halogenated alkanes) is 1. The van der Waals surface area contributed by atoms with Gasteiger partial charge in [-0.15, -0.1) is 0 Å². The fourth-order valence-corrected chi connectivity index (χ4v) is 3.87. The van der Waals surface area contributed by atoms with Crippen molar-refractivity contribution in [3.8, 4) is 5.75 Å². The molecule has 2 aliphatic rings. The van der Waals surface area contributed by atoms with Gasteiger partial charge in [0.05, 0.1) is 5.69 Å². The van der Waals surface area contributed by atoms with Gasteiger partial charge in [-0.25, -0.2) is 0 Å². The summed E-state index contributed by atoms with van der Waals surface area (Å²) in [5.74, 6) is 1.15. The predicted molar refractivity (Wildman–Crippen MR) is 109 cm³/mol. The Morgan fingerprint density at radius 1 is 1.30 bits per heavy atom. The van der Waals surface area contributed by atoms with E-state index >= 15 is 0 Å². The number of ether oxygens (including phenoxy) is 1. The summed E-state index contributed by atoms with van der Waals surface area (Å²) in [6.07, 6.45) is 4.63. The van der Waals surface area contributed by atoms with Gasteiger partial charge in [-0.05, 0) is 69.4 Å². The maximum atomic E-state index is 12.3. The monoisotopic (exact) mass is 437 g/mol. The summed E-state index contributed by atoms with van der Waals surface area (Å²) in [7, 11) is 0. The van der Waals surface area contributed by atoms with Crippen LogP contribution in [0.2, 0.25) is 0 Å². The van der Waals surface area contributed by atoms with Gasteiger partial charge in [0, 0.05) is 11.0 Å². The molecule has 0 unspecified atom stereocenters.